The Bertz CT molecular complexity index is 944. The van der Waals surface area contributed by atoms with Crippen LogP contribution < -0.4 is 16.0 Å². The fourth-order valence-corrected chi connectivity index (χ4v) is 5.08. The molecule has 186 valence electrons. The van der Waals surface area contributed by atoms with Crippen molar-refractivity contribution < 1.29 is 18.8 Å². The number of thioether (sulfide) groups is 1. The summed E-state index contributed by atoms with van der Waals surface area (Å²) in [4.78, 5) is 38.9. The van der Waals surface area contributed by atoms with Gasteiger partial charge in [0.25, 0.3) is 0 Å². The summed E-state index contributed by atoms with van der Waals surface area (Å²) in [5.74, 6) is -1.94. The average Bonchev–Trinajstić information content (AvgIpc) is 3.07. The van der Waals surface area contributed by atoms with E-state index in [1.54, 1.807) is 38.7 Å². The van der Waals surface area contributed by atoms with Gasteiger partial charge in [-0.05, 0) is 38.5 Å². The van der Waals surface area contributed by atoms with Crippen molar-refractivity contribution in [1.29, 1.82) is 5.26 Å². The van der Waals surface area contributed by atoms with Crippen LogP contribution in [0.5, 0.6) is 0 Å². The minimum Gasteiger partial charge on any atom is -0.385 e. The normalized spacial score (nSPS) is 18.9. The number of amides is 3. The Morgan fingerprint density at radius 2 is 2.00 bits per heavy atom. The summed E-state index contributed by atoms with van der Waals surface area (Å²) in [6.45, 7) is 10.3. The Balaban J connectivity index is 1.97. The molecule has 0 saturated carbocycles. The molecule has 3 unspecified atom stereocenters. The second-order valence-electron chi connectivity index (χ2n) is 9.13. The summed E-state index contributed by atoms with van der Waals surface area (Å²) in [6, 6.07) is 6.45. The molecule has 0 aliphatic carbocycles. The zero-order valence-corrected chi connectivity index (χ0v) is 21.2. The third-order valence-corrected chi connectivity index (χ3v) is 6.99. The van der Waals surface area contributed by atoms with Crippen LogP contribution in [0.4, 0.5) is 15.8 Å². The number of nitrogens with one attached hydrogen (secondary N) is 3. The molecule has 3 N–H and O–H groups in total. The van der Waals surface area contributed by atoms with Crippen molar-refractivity contribution in [2.75, 3.05) is 30.3 Å². The number of carbonyl (C=O) groups excluding carboxylic acids is 3. The highest BCUT2D eigenvalue weighted by atomic mass is 32.2. The van der Waals surface area contributed by atoms with Crippen LogP contribution in [0, 0.1) is 28.5 Å². The molecule has 0 spiro atoms. The molecule has 3 atom stereocenters. The van der Waals surface area contributed by atoms with Gasteiger partial charge < -0.3 is 20.9 Å². The van der Waals surface area contributed by atoms with Gasteiger partial charge in [0.1, 0.15) is 11.7 Å². The molecule has 3 amide bonds. The first kappa shape index (κ1) is 27.4. The maximum atomic E-state index is 14.2. The number of hydrogen-bond donors (Lipinski definition) is 3. The first-order valence-corrected chi connectivity index (χ1v) is 12.4. The Kier molecular flexibility index (Phi) is 9.74. The molecule has 0 aromatic heterocycles. The highest BCUT2D eigenvalue weighted by Gasteiger charge is 2.40. The third-order valence-electron chi connectivity index (χ3n) is 5.46. The van der Waals surface area contributed by atoms with Crippen LogP contribution in [0.3, 0.4) is 0 Å². The zero-order valence-electron chi connectivity index (χ0n) is 20.4. The van der Waals surface area contributed by atoms with Gasteiger partial charge in [0.2, 0.25) is 17.7 Å². The molecule has 1 saturated heterocycles. The van der Waals surface area contributed by atoms with Gasteiger partial charge in [0.15, 0.2) is 0 Å². The lowest BCUT2D eigenvalue weighted by Gasteiger charge is -2.23. The number of nitriles is 1. The lowest BCUT2D eigenvalue weighted by molar-refractivity contribution is -0.131. The lowest BCUT2D eigenvalue weighted by Crippen LogP contribution is -2.38. The van der Waals surface area contributed by atoms with Gasteiger partial charge in [-0.2, -0.15) is 5.26 Å². The molecular weight excluding hydrogens is 457 g/mol. The van der Waals surface area contributed by atoms with Gasteiger partial charge in [0, 0.05) is 37.2 Å². The fourth-order valence-electron chi connectivity index (χ4n) is 3.49. The number of halogens is 1. The van der Waals surface area contributed by atoms with Gasteiger partial charge in [-0.15, -0.1) is 11.8 Å². The summed E-state index contributed by atoms with van der Waals surface area (Å²) < 4.78 is 14.2. The van der Waals surface area contributed by atoms with Crippen LogP contribution in [0.15, 0.2) is 18.2 Å². The number of anilines is 2. The monoisotopic (exact) mass is 491 g/mol. The molecule has 1 fully saturated rings. The van der Waals surface area contributed by atoms with E-state index in [0.717, 1.165) is 0 Å². The minimum atomic E-state index is -0.808. The van der Waals surface area contributed by atoms with Crippen LogP contribution in [-0.4, -0.2) is 52.9 Å². The van der Waals surface area contributed by atoms with Crippen LogP contribution >= 0.6 is 11.8 Å². The van der Waals surface area contributed by atoms with E-state index in [-0.39, 0.29) is 40.5 Å². The van der Waals surface area contributed by atoms with Crippen molar-refractivity contribution in [3.63, 3.8) is 0 Å². The molecule has 1 aliphatic rings. The lowest BCUT2D eigenvalue weighted by atomic mass is 9.95. The van der Waals surface area contributed by atoms with Crippen molar-refractivity contribution >= 4 is 40.9 Å². The Morgan fingerprint density at radius 3 is 2.59 bits per heavy atom. The van der Waals surface area contributed by atoms with Crippen molar-refractivity contribution in [1.82, 2.24) is 10.2 Å². The summed E-state index contributed by atoms with van der Waals surface area (Å²) >= 11 is 1.47. The topological polar surface area (TPSA) is 114 Å². The van der Waals surface area contributed by atoms with Gasteiger partial charge >= 0.3 is 0 Å². The zero-order chi connectivity index (χ0) is 25.5. The van der Waals surface area contributed by atoms with Gasteiger partial charge in [0.05, 0.1) is 22.4 Å². The molecular formula is C24H34FN5O3S. The maximum Gasteiger partial charge on any atom is 0.237 e. The second kappa shape index (κ2) is 12.1. The predicted octanol–water partition coefficient (Wildman–Crippen LogP) is 3.57. The van der Waals surface area contributed by atoms with Crippen molar-refractivity contribution in [2.24, 2.45) is 11.3 Å². The van der Waals surface area contributed by atoms with E-state index >= 15 is 0 Å². The molecule has 1 aromatic carbocycles. The largest absolute Gasteiger partial charge is 0.385 e. The fraction of sp³-hybridized carbons (Fsp3) is 0.583. The minimum absolute atomic E-state index is 0.0101. The number of carbonyl (C=O) groups is 3. The van der Waals surface area contributed by atoms with E-state index in [2.05, 4.69) is 16.0 Å². The molecule has 8 nitrogen and oxygen atoms in total. The van der Waals surface area contributed by atoms with E-state index in [4.69, 9.17) is 0 Å². The number of nitrogens with zero attached hydrogens (tertiary/aromatic N) is 2. The summed E-state index contributed by atoms with van der Waals surface area (Å²) in [6.07, 6.45) is 0.807. The summed E-state index contributed by atoms with van der Waals surface area (Å²) in [5, 5.41) is 17.3. The van der Waals surface area contributed by atoms with Crippen molar-refractivity contribution in [3.05, 3.63) is 24.0 Å². The molecule has 2 rings (SSSR count). The van der Waals surface area contributed by atoms with Gasteiger partial charge in [-0.25, -0.2) is 4.39 Å². The molecule has 1 heterocycles. The van der Waals surface area contributed by atoms with E-state index in [0.29, 0.717) is 31.7 Å². The first-order valence-electron chi connectivity index (χ1n) is 11.5. The molecule has 0 radical (unpaired) electrons. The summed E-state index contributed by atoms with van der Waals surface area (Å²) in [5.41, 5.74) is 0.0754. The summed E-state index contributed by atoms with van der Waals surface area (Å²) in [7, 11) is 0. The van der Waals surface area contributed by atoms with Gasteiger partial charge in [-0.1, -0.05) is 20.8 Å². The maximum absolute atomic E-state index is 14.2. The van der Waals surface area contributed by atoms with E-state index in [9.17, 15) is 24.0 Å². The van der Waals surface area contributed by atoms with Crippen molar-refractivity contribution in [3.8, 4) is 6.07 Å². The van der Waals surface area contributed by atoms with Crippen molar-refractivity contribution in [2.45, 2.75) is 58.1 Å². The Hall–Kier alpha value is -2.80. The number of hydrogen-bond acceptors (Lipinski definition) is 6. The van der Waals surface area contributed by atoms with E-state index in [1.165, 1.54) is 23.9 Å². The Labute approximate surface area is 205 Å². The van der Waals surface area contributed by atoms with E-state index in [1.807, 2.05) is 13.0 Å². The molecule has 1 aliphatic heterocycles. The van der Waals surface area contributed by atoms with Gasteiger partial charge in [-0.3, -0.25) is 14.4 Å². The second-order valence-corrected chi connectivity index (χ2v) is 10.5. The standard InChI is InChI=1S/C24H34FN5O3S/c1-6-27-21(31)15(14-26)12-20-30(7-2)22(32)19(34-20)10-11-28-16-8-9-17(25)18(13-16)29-23(33)24(3,4)5/h8-9,13,15,19-20,28H,6-7,10-12H2,1-5H3,(H,27,31)(H,29,33). The molecule has 1 aromatic rings. The first-order chi connectivity index (χ1) is 16.0. The van der Waals surface area contributed by atoms with E-state index < -0.39 is 17.2 Å². The predicted molar refractivity (Wildman–Crippen MR) is 133 cm³/mol. The molecule has 10 heteroatoms. The molecule has 34 heavy (non-hydrogen) atoms. The third kappa shape index (κ3) is 7.10. The average molecular weight is 492 g/mol. The number of benzene rings is 1. The smallest absolute Gasteiger partial charge is 0.237 e. The van der Waals surface area contributed by atoms with Crippen LogP contribution in [0.2, 0.25) is 0 Å². The Morgan fingerprint density at radius 1 is 1.29 bits per heavy atom. The highest BCUT2D eigenvalue weighted by Crippen LogP contribution is 2.37. The highest BCUT2D eigenvalue weighted by molar-refractivity contribution is 8.01. The van der Waals surface area contributed by atoms with Crippen LogP contribution in [0.1, 0.15) is 47.5 Å². The molecule has 0 bridgehead atoms. The van der Waals surface area contributed by atoms with Crippen LogP contribution in [0.25, 0.3) is 0 Å². The van der Waals surface area contributed by atoms with Crippen LogP contribution in [-0.2, 0) is 14.4 Å². The quantitative estimate of drug-likeness (QED) is 0.461. The number of rotatable bonds is 10. The SMILES string of the molecule is CCNC(=O)C(C#N)CC1SC(CCNc2ccc(F)c(NC(=O)C(C)(C)C)c2)C(=O)N1CC.